The number of piperidine rings is 1. The number of hydrogen-bond acceptors (Lipinski definition) is 3. The minimum Gasteiger partial charge on any atom is -0.294 e. The van der Waals surface area contributed by atoms with Gasteiger partial charge in [-0.25, -0.2) is 4.98 Å². The Hall–Kier alpha value is -0.120. The van der Waals surface area contributed by atoms with E-state index in [1.807, 2.05) is 0 Å². The fraction of sp³-hybridized carbons (Fsp3) is 0.769. The van der Waals surface area contributed by atoms with E-state index in [-0.39, 0.29) is 0 Å². The van der Waals surface area contributed by atoms with E-state index in [1.165, 1.54) is 30.9 Å². The van der Waals surface area contributed by atoms with Gasteiger partial charge in [0.25, 0.3) is 0 Å². The van der Waals surface area contributed by atoms with E-state index in [9.17, 15) is 0 Å². The third-order valence-electron chi connectivity index (χ3n) is 3.76. The van der Waals surface area contributed by atoms with Crippen LogP contribution in [0.5, 0.6) is 0 Å². The van der Waals surface area contributed by atoms with Crippen LogP contribution in [0.1, 0.15) is 50.4 Å². The molecule has 96 valence electrons. The number of nitrogens with zero attached hydrogens (tertiary/aromatic N) is 2. The van der Waals surface area contributed by atoms with Crippen LogP contribution in [-0.2, 0) is 5.88 Å². The third kappa shape index (κ3) is 3.21. The summed E-state index contributed by atoms with van der Waals surface area (Å²) in [5.74, 6) is 0.524. The van der Waals surface area contributed by atoms with Crippen molar-refractivity contribution in [2.24, 2.45) is 5.41 Å². The van der Waals surface area contributed by atoms with Crippen molar-refractivity contribution in [2.75, 3.05) is 13.1 Å². The van der Waals surface area contributed by atoms with Gasteiger partial charge in [0, 0.05) is 5.38 Å². The van der Waals surface area contributed by atoms with Crippen LogP contribution in [0.15, 0.2) is 5.38 Å². The molecule has 17 heavy (non-hydrogen) atoms. The Labute approximate surface area is 113 Å². The molecule has 1 aliphatic rings. The zero-order valence-electron chi connectivity index (χ0n) is 10.9. The van der Waals surface area contributed by atoms with Crippen molar-refractivity contribution in [3.8, 4) is 0 Å². The van der Waals surface area contributed by atoms with Gasteiger partial charge in [0.05, 0.1) is 17.6 Å². The lowest BCUT2D eigenvalue weighted by Gasteiger charge is -2.39. The molecule has 1 saturated heterocycles. The molecule has 1 aromatic heterocycles. The van der Waals surface area contributed by atoms with Gasteiger partial charge in [0.2, 0.25) is 0 Å². The van der Waals surface area contributed by atoms with E-state index in [0.717, 1.165) is 5.69 Å². The molecule has 2 nitrogen and oxygen atoms in total. The summed E-state index contributed by atoms with van der Waals surface area (Å²) >= 11 is 7.54. The highest BCUT2D eigenvalue weighted by Gasteiger charge is 2.29. The fourth-order valence-electron chi connectivity index (χ4n) is 2.25. The van der Waals surface area contributed by atoms with E-state index in [2.05, 4.69) is 36.0 Å². The fourth-order valence-corrected chi connectivity index (χ4v) is 3.39. The molecule has 0 N–H and O–H groups in total. The molecule has 0 bridgehead atoms. The van der Waals surface area contributed by atoms with E-state index >= 15 is 0 Å². The molecular formula is C13H21ClN2S. The number of rotatable bonds is 3. The lowest BCUT2D eigenvalue weighted by molar-refractivity contribution is 0.100. The van der Waals surface area contributed by atoms with Crippen molar-refractivity contribution in [1.82, 2.24) is 9.88 Å². The van der Waals surface area contributed by atoms with E-state index in [0.29, 0.717) is 17.3 Å². The van der Waals surface area contributed by atoms with Crippen LogP contribution < -0.4 is 0 Å². The quantitative estimate of drug-likeness (QED) is 0.772. The van der Waals surface area contributed by atoms with Crippen molar-refractivity contribution < 1.29 is 0 Å². The summed E-state index contributed by atoms with van der Waals surface area (Å²) in [6.07, 6.45) is 2.57. The SMILES string of the molecule is CC(c1nc(CCl)cs1)N1CCC(C)(C)CC1. The monoisotopic (exact) mass is 272 g/mol. The minimum atomic E-state index is 0.438. The van der Waals surface area contributed by atoms with Crippen LogP contribution >= 0.6 is 22.9 Å². The van der Waals surface area contributed by atoms with Crippen LogP contribution in [0.2, 0.25) is 0 Å². The van der Waals surface area contributed by atoms with Crippen LogP contribution in [0, 0.1) is 5.41 Å². The zero-order chi connectivity index (χ0) is 12.5. The third-order valence-corrected chi connectivity index (χ3v) is 5.10. The minimum absolute atomic E-state index is 0.438. The Morgan fingerprint density at radius 3 is 2.65 bits per heavy atom. The Kier molecular flexibility index (Phi) is 4.11. The molecule has 0 aliphatic carbocycles. The van der Waals surface area contributed by atoms with Gasteiger partial charge in [0.1, 0.15) is 5.01 Å². The molecule has 0 aromatic carbocycles. The van der Waals surface area contributed by atoms with E-state index < -0.39 is 0 Å². The first-order valence-electron chi connectivity index (χ1n) is 6.26. The summed E-state index contributed by atoms with van der Waals surface area (Å²) in [6.45, 7) is 9.36. The molecule has 0 spiro atoms. The van der Waals surface area contributed by atoms with Crippen molar-refractivity contribution >= 4 is 22.9 Å². The van der Waals surface area contributed by atoms with Crippen LogP contribution in [0.4, 0.5) is 0 Å². The Morgan fingerprint density at radius 2 is 2.12 bits per heavy atom. The van der Waals surface area contributed by atoms with Gasteiger partial charge < -0.3 is 0 Å². The van der Waals surface area contributed by atoms with Crippen molar-refractivity contribution in [3.63, 3.8) is 0 Å². The number of thiazole rings is 1. The highest BCUT2D eigenvalue weighted by atomic mass is 35.5. The average Bonchev–Trinajstić information content (AvgIpc) is 2.76. The summed E-state index contributed by atoms with van der Waals surface area (Å²) in [5.41, 5.74) is 1.52. The maximum absolute atomic E-state index is 5.80. The lowest BCUT2D eigenvalue weighted by Crippen LogP contribution is -2.38. The number of hydrogen-bond donors (Lipinski definition) is 0. The molecule has 1 unspecified atom stereocenters. The predicted octanol–water partition coefficient (Wildman–Crippen LogP) is 4.06. The molecule has 1 fully saturated rings. The Bertz CT molecular complexity index is 365. The average molecular weight is 273 g/mol. The van der Waals surface area contributed by atoms with Crippen LogP contribution in [-0.4, -0.2) is 23.0 Å². The van der Waals surface area contributed by atoms with Gasteiger partial charge in [-0.15, -0.1) is 22.9 Å². The first kappa shape index (κ1) is 13.3. The van der Waals surface area contributed by atoms with Crippen molar-refractivity contribution in [3.05, 3.63) is 16.1 Å². The number of likely N-dealkylation sites (tertiary alicyclic amines) is 1. The van der Waals surface area contributed by atoms with E-state index in [4.69, 9.17) is 11.6 Å². The van der Waals surface area contributed by atoms with Gasteiger partial charge in [0.15, 0.2) is 0 Å². The molecular weight excluding hydrogens is 252 g/mol. The van der Waals surface area contributed by atoms with Gasteiger partial charge in [-0.3, -0.25) is 4.90 Å². The normalized spacial score (nSPS) is 22.6. The highest BCUT2D eigenvalue weighted by Crippen LogP contribution is 2.34. The summed E-state index contributed by atoms with van der Waals surface area (Å²) in [7, 11) is 0. The van der Waals surface area contributed by atoms with Gasteiger partial charge >= 0.3 is 0 Å². The highest BCUT2D eigenvalue weighted by molar-refractivity contribution is 7.09. The number of alkyl halides is 1. The van der Waals surface area contributed by atoms with Gasteiger partial charge in [-0.1, -0.05) is 13.8 Å². The first-order valence-corrected chi connectivity index (χ1v) is 7.67. The number of aromatic nitrogens is 1. The smallest absolute Gasteiger partial charge is 0.110 e. The Morgan fingerprint density at radius 1 is 1.47 bits per heavy atom. The van der Waals surface area contributed by atoms with Crippen molar-refractivity contribution in [2.45, 2.75) is 45.5 Å². The van der Waals surface area contributed by atoms with E-state index in [1.54, 1.807) is 11.3 Å². The molecule has 1 aliphatic heterocycles. The van der Waals surface area contributed by atoms with Crippen LogP contribution in [0.3, 0.4) is 0 Å². The summed E-state index contributed by atoms with van der Waals surface area (Å²) < 4.78 is 0. The second-order valence-electron chi connectivity index (χ2n) is 5.69. The molecule has 1 aromatic rings. The maximum atomic E-state index is 5.80. The summed E-state index contributed by atoms with van der Waals surface area (Å²) in [4.78, 5) is 7.13. The first-order chi connectivity index (χ1) is 8.02. The maximum Gasteiger partial charge on any atom is 0.110 e. The molecule has 2 heterocycles. The largest absolute Gasteiger partial charge is 0.294 e. The predicted molar refractivity (Wildman–Crippen MR) is 74.7 cm³/mol. The second kappa shape index (κ2) is 5.25. The lowest BCUT2D eigenvalue weighted by atomic mass is 9.82. The molecule has 0 amide bonds. The van der Waals surface area contributed by atoms with Crippen molar-refractivity contribution in [1.29, 1.82) is 0 Å². The zero-order valence-corrected chi connectivity index (χ0v) is 12.4. The topological polar surface area (TPSA) is 16.1 Å². The van der Waals surface area contributed by atoms with Crippen LogP contribution in [0.25, 0.3) is 0 Å². The van der Waals surface area contributed by atoms with Gasteiger partial charge in [-0.05, 0) is 38.3 Å². The second-order valence-corrected chi connectivity index (χ2v) is 6.84. The molecule has 4 heteroatoms. The molecule has 1 atom stereocenters. The summed E-state index contributed by atoms with van der Waals surface area (Å²) in [5, 5.41) is 3.28. The molecule has 2 rings (SSSR count). The molecule has 0 radical (unpaired) electrons. The summed E-state index contributed by atoms with van der Waals surface area (Å²) in [6, 6.07) is 0.438. The number of halogens is 1. The Balaban J connectivity index is 1.98. The molecule has 0 saturated carbocycles. The standard InChI is InChI=1S/C13H21ClN2S/c1-10(12-15-11(8-14)9-17-12)16-6-4-13(2,3)5-7-16/h9-10H,4-8H2,1-3H3. The van der Waals surface area contributed by atoms with Gasteiger partial charge in [-0.2, -0.15) is 0 Å².